The smallest absolute Gasteiger partial charge is 0.306 e. The van der Waals surface area contributed by atoms with Crippen molar-refractivity contribution < 1.29 is 19.1 Å². The molecule has 0 N–H and O–H groups in total. The maximum Gasteiger partial charge on any atom is 0.306 e. The molecule has 0 aromatic carbocycles. The predicted molar refractivity (Wildman–Crippen MR) is 137 cm³/mol. The molecule has 33 heavy (non-hydrogen) atoms. The van der Waals surface area contributed by atoms with Gasteiger partial charge in [-0.05, 0) is 44.9 Å². The molecule has 4 heteroatoms. The summed E-state index contributed by atoms with van der Waals surface area (Å²) >= 11 is 0. The van der Waals surface area contributed by atoms with Crippen molar-refractivity contribution >= 4 is 11.9 Å². The van der Waals surface area contributed by atoms with Gasteiger partial charge in [-0.1, -0.05) is 104 Å². The van der Waals surface area contributed by atoms with Crippen LogP contribution in [0.15, 0.2) is 0 Å². The lowest BCUT2D eigenvalue weighted by Gasteiger charge is -2.21. The topological polar surface area (TPSA) is 52.6 Å². The van der Waals surface area contributed by atoms with E-state index in [1.807, 2.05) is 0 Å². The van der Waals surface area contributed by atoms with Crippen molar-refractivity contribution in [2.75, 3.05) is 0 Å². The summed E-state index contributed by atoms with van der Waals surface area (Å²) in [6.07, 6.45) is 28.6. The largest absolute Gasteiger partial charge is 0.462 e. The van der Waals surface area contributed by atoms with Crippen LogP contribution in [0, 0.1) is 0 Å². The molecule has 0 aromatic rings. The molecule has 0 bridgehead atoms. The molecule has 2 atom stereocenters. The van der Waals surface area contributed by atoms with E-state index in [9.17, 15) is 9.59 Å². The molecule has 4 nitrogen and oxygen atoms in total. The van der Waals surface area contributed by atoms with Crippen molar-refractivity contribution in [2.24, 2.45) is 0 Å². The fraction of sp³-hybridized carbons (Fsp3) is 0.931. The van der Waals surface area contributed by atoms with E-state index in [1.54, 1.807) is 0 Å². The molecule has 2 saturated heterocycles. The summed E-state index contributed by atoms with van der Waals surface area (Å²) in [4.78, 5) is 21.9. The number of cyclic esters (lactones) is 2. The molecule has 0 radical (unpaired) electrons. The summed E-state index contributed by atoms with van der Waals surface area (Å²) in [7, 11) is 0. The molecule has 194 valence electrons. The van der Waals surface area contributed by atoms with Crippen LogP contribution in [0.25, 0.3) is 0 Å². The molecule has 2 rings (SSSR count). The van der Waals surface area contributed by atoms with Crippen LogP contribution in [0.4, 0.5) is 0 Å². The summed E-state index contributed by atoms with van der Waals surface area (Å²) in [5, 5.41) is 0. The Hall–Kier alpha value is -1.06. The average Bonchev–Trinajstić information content (AvgIpc) is 3.23. The minimum absolute atomic E-state index is 0.00748. The molecular formula is C29H54O4. The van der Waals surface area contributed by atoms with Crippen molar-refractivity contribution in [3.05, 3.63) is 0 Å². The van der Waals surface area contributed by atoms with Gasteiger partial charge in [-0.3, -0.25) is 9.59 Å². The third kappa shape index (κ3) is 18.0. The van der Waals surface area contributed by atoms with Gasteiger partial charge >= 0.3 is 11.9 Å². The van der Waals surface area contributed by atoms with Gasteiger partial charge in [0.05, 0.1) is 0 Å². The molecule has 2 aliphatic rings. The number of unbranched alkanes of at least 4 members (excludes halogenated alkanes) is 14. The lowest BCUT2D eigenvalue weighted by Crippen LogP contribution is -2.23. The summed E-state index contributed by atoms with van der Waals surface area (Å²) in [5.74, 6) is 0.0166. The third-order valence-electron chi connectivity index (χ3n) is 6.93. The van der Waals surface area contributed by atoms with Crippen LogP contribution in [0.2, 0.25) is 0 Å². The quantitative estimate of drug-likeness (QED) is 0.149. The zero-order valence-electron chi connectivity index (χ0n) is 22.1. The number of carbonyl (C=O) groups excluding carboxylic acids is 2. The van der Waals surface area contributed by atoms with Crippen LogP contribution in [-0.4, -0.2) is 24.1 Å². The number of hydrogen-bond donors (Lipinski definition) is 0. The molecule has 2 aliphatic heterocycles. The standard InChI is InChI=1S/C17H32O2.C12H22O2/c1-2-3-4-5-6-7-8-9-10-11-12-13-16-14-15-17(18)19-16;1-2-3-4-5-6-8-11-9-7-10-12(13)14-11/h16H,2-15H2,1H3;11H,2-10H2,1H3. The monoisotopic (exact) mass is 466 g/mol. The van der Waals surface area contributed by atoms with E-state index in [2.05, 4.69) is 13.8 Å². The predicted octanol–water partition coefficient (Wildman–Crippen LogP) is 8.84. The van der Waals surface area contributed by atoms with Crippen LogP contribution >= 0.6 is 0 Å². The van der Waals surface area contributed by atoms with E-state index in [-0.39, 0.29) is 24.1 Å². The van der Waals surface area contributed by atoms with E-state index in [0.29, 0.717) is 12.8 Å². The molecule has 0 saturated carbocycles. The molecule has 2 unspecified atom stereocenters. The van der Waals surface area contributed by atoms with E-state index in [0.717, 1.165) is 32.1 Å². The van der Waals surface area contributed by atoms with Crippen LogP contribution in [0.5, 0.6) is 0 Å². The van der Waals surface area contributed by atoms with Crippen molar-refractivity contribution in [3.8, 4) is 0 Å². The molecule has 2 heterocycles. The van der Waals surface area contributed by atoms with Crippen LogP contribution in [0.1, 0.15) is 162 Å². The fourth-order valence-electron chi connectivity index (χ4n) is 4.78. The lowest BCUT2D eigenvalue weighted by atomic mass is 10.0. The zero-order valence-corrected chi connectivity index (χ0v) is 22.1. The van der Waals surface area contributed by atoms with Crippen LogP contribution < -0.4 is 0 Å². The highest BCUT2D eigenvalue weighted by atomic mass is 16.6. The number of ether oxygens (including phenoxy) is 2. The van der Waals surface area contributed by atoms with Crippen molar-refractivity contribution in [1.29, 1.82) is 0 Å². The minimum atomic E-state index is 0.00748. The highest BCUT2D eigenvalue weighted by Gasteiger charge is 2.22. The minimum Gasteiger partial charge on any atom is -0.462 e. The van der Waals surface area contributed by atoms with E-state index in [4.69, 9.17) is 9.47 Å². The number of carbonyl (C=O) groups is 2. The van der Waals surface area contributed by atoms with Crippen LogP contribution in [-0.2, 0) is 19.1 Å². The van der Waals surface area contributed by atoms with Gasteiger partial charge in [0.15, 0.2) is 0 Å². The molecule has 0 spiro atoms. The normalized spacial score (nSPS) is 20.2. The second-order valence-corrected chi connectivity index (χ2v) is 10.2. The Bertz CT molecular complexity index is 476. The Morgan fingerprint density at radius 3 is 1.36 bits per heavy atom. The van der Waals surface area contributed by atoms with E-state index >= 15 is 0 Å². The summed E-state index contributed by atoms with van der Waals surface area (Å²) in [5.41, 5.74) is 0. The molecule has 0 amide bonds. The van der Waals surface area contributed by atoms with Gasteiger partial charge in [0, 0.05) is 12.8 Å². The van der Waals surface area contributed by atoms with Gasteiger partial charge in [-0.15, -0.1) is 0 Å². The second-order valence-electron chi connectivity index (χ2n) is 10.2. The van der Waals surface area contributed by atoms with E-state index in [1.165, 1.54) is 103 Å². The van der Waals surface area contributed by atoms with Crippen molar-refractivity contribution in [1.82, 2.24) is 0 Å². The first-order chi connectivity index (χ1) is 16.2. The Morgan fingerprint density at radius 1 is 0.545 bits per heavy atom. The molecular weight excluding hydrogens is 412 g/mol. The average molecular weight is 467 g/mol. The fourth-order valence-corrected chi connectivity index (χ4v) is 4.78. The maximum atomic E-state index is 11.0. The Kier molecular flexibility index (Phi) is 19.5. The Morgan fingerprint density at radius 2 is 0.939 bits per heavy atom. The second kappa shape index (κ2) is 21.5. The van der Waals surface area contributed by atoms with Gasteiger partial charge in [0.1, 0.15) is 12.2 Å². The number of hydrogen-bond acceptors (Lipinski definition) is 4. The van der Waals surface area contributed by atoms with Gasteiger partial charge in [-0.25, -0.2) is 0 Å². The molecule has 0 aromatic heterocycles. The first kappa shape index (κ1) is 30.0. The third-order valence-corrected chi connectivity index (χ3v) is 6.93. The number of rotatable bonds is 18. The zero-order chi connectivity index (χ0) is 24.0. The van der Waals surface area contributed by atoms with Gasteiger partial charge in [0.2, 0.25) is 0 Å². The first-order valence-electron chi connectivity index (χ1n) is 14.5. The first-order valence-corrected chi connectivity index (χ1v) is 14.5. The molecule has 0 aliphatic carbocycles. The summed E-state index contributed by atoms with van der Waals surface area (Å²) in [6.45, 7) is 4.50. The Balaban J connectivity index is 0.000000346. The maximum absolute atomic E-state index is 11.0. The van der Waals surface area contributed by atoms with Gasteiger partial charge < -0.3 is 9.47 Å². The van der Waals surface area contributed by atoms with Crippen LogP contribution in [0.3, 0.4) is 0 Å². The van der Waals surface area contributed by atoms with Gasteiger partial charge in [0.25, 0.3) is 0 Å². The Labute approximate surface area is 205 Å². The number of esters is 2. The summed E-state index contributed by atoms with van der Waals surface area (Å²) in [6, 6.07) is 0. The lowest BCUT2D eigenvalue weighted by molar-refractivity contribution is -0.154. The SMILES string of the molecule is CCCCCCCC1CCCC(=O)O1.CCCCCCCCCCCCCC1CCC(=O)O1. The molecule has 2 fully saturated rings. The van der Waals surface area contributed by atoms with Crippen molar-refractivity contribution in [3.63, 3.8) is 0 Å². The highest BCUT2D eigenvalue weighted by molar-refractivity contribution is 5.71. The highest BCUT2D eigenvalue weighted by Crippen LogP contribution is 2.21. The summed E-state index contributed by atoms with van der Waals surface area (Å²) < 4.78 is 10.5. The van der Waals surface area contributed by atoms with Crippen molar-refractivity contribution in [2.45, 2.75) is 174 Å². The van der Waals surface area contributed by atoms with Gasteiger partial charge in [-0.2, -0.15) is 0 Å². The van der Waals surface area contributed by atoms with E-state index < -0.39 is 0 Å².